The van der Waals surface area contributed by atoms with Gasteiger partial charge in [-0.2, -0.15) is 0 Å². The Morgan fingerprint density at radius 3 is 1.78 bits per heavy atom. The SMILES string of the molecule is CC(C)(O)COC1CCC(N(Cc2ccccc2)Cc2ccccc2)CC1. The second-order valence-corrected chi connectivity index (χ2v) is 8.43. The smallest absolute Gasteiger partial charge is 0.0824 e. The summed E-state index contributed by atoms with van der Waals surface area (Å²) in [6, 6.07) is 22.1. The molecule has 146 valence electrons. The van der Waals surface area contributed by atoms with Crippen molar-refractivity contribution in [1.29, 1.82) is 0 Å². The minimum Gasteiger partial charge on any atom is -0.388 e. The maximum atomic E-state index is 9.88. The highest BCUT2D eigenvalue weighted by Gasteiger charge is 2.27. The van der Waals surface area contributed by atoms with Crippen LogP contribution in [0, 0.1) is 0 Å². The molecule has 27 heavy (non-hydrogen) atoms. The first-order valence-corrected chi connectivity index (χ1v) is 10.2. The monoisotopic (exact) mass is 367 g/mol. The summed E-state index contributed by atoms with van der Waals surface area (Å²) in [5.41, 5.74) is 1.99. The average Bonchev–Trinajstić information content (AvgIpc) is 2.67. The molecular formula is C24H33NO2. The van der Waals surface area contributed by atoms with Crippen LogP contribution in [0.25, 0.3) is 0 Å². The van der Waals surface area contributed by atoms with Crippen molar-refractivity contribution < 1.29 is 9.84 Å². The molecule has 3 heteroatoms. The molecule has 0 aromatic heterocycles. The van der Waals surface area contributed by atoms with Crippen LogP contribution < -0.4 is 0 Å². The van der Waals surface area contributed by atoms with E-state index in [1.165, 1.54) is 11.1 Å². The molecule has 3 nitrogen and oxygen atoms in total. The zero-order chi connectivity index (χ0) is 19.1. The maximum absolute atomic E-state index is 9.88. The molecule has 1 N–H and O–H groups in total. The Morgan fingerprint density at radius 2 is 1.33 bits per heavy atom. The van der Waals surface area contributed by atoms with E-state index in [9.17, 15) is 5.11 Å². The summed E-state index contributed by atoms with van der Waals surface area (Å²) in [6.07, 6.45) is 4.72. The molecule has 1 saturated carbocycles. The average molecular weight is 368 g/mol. The molecule has 2 aromatic rings. The van der Waals surface area contributed by atoms with Crippen LogP contribution in [-0.2, 0) is 17.8 Å². The number of nitrogens with zero attached hydrogens (tertiary/aromatic N) is 1. The zero-order valence-corrected chi connectivity index (χ0v) is 16.7. The van der Waals surface area contributed by atoms with Gasteiger partial charge in [0, 0.05) is 19.1 Å². The molecule has 0 amide bonds. The molecule has 1 aliphatic carbocycles. The molecule has 0 saturated heterocycles. The van der Waals surface area contributed by atoms with Crippen molar-refractivity contribution in [3.8, 4) is 0 Å². The normalized spacial score (nSPS) is 20.7. The van der Waals surface area contributed by atoms with Crippen LogP contribution in [0.2, 0.25) is 0 Å². The third-order valence-corrected chi connectivity index (χ3v) is 5.29. The maximum Gasteiger partial charge on any atom is 0.0824 e. The number of aliphatic hydroxyl groups is 1. The van der Waals surface area contributed by atoms with Gasteiger partial charge in [-0.25, -0.2) is 0 Å². The van der Waals surface area contributed by atoms with Crippen molar-refractivity contribution in [2.45, 2.75) is 70.4 Å². The van der Waals surface area contributed by atoms with Gasteiger partial charge in [0.2, 0.25) is 0 Å². The lowest BCUT2D eigenvalue weighted by Gasteiger charge is -2.37. The first-order valence-electron chi connectivity index (χ1n) is 10.2. The Kier molecular flexibility index (Phi) is 7.06. The third kappa shape index (κ3) is 6.76. The van der Waals surface area contributed by atoms with Crippen molar-refractivity contribution >= 4 is 0 Å². The van der Waals surface area contributed by atoms with Crippen molar-refractivity contribution in [3.05, 3.63) is 71.8 Å². The second-order valence-electron chi connectivity index (χ2n) is 8.43. The van der Waals surface area contributed by atoms with Gasteiger partial charge >= 0.3 is 0 Å². The summed E-state index contributed by atoms with van der Waals surface area (Å²) in [4.78, 5) is 2.62. The first kappa shape index (κ1) is 20.1. The predicted octanol–water partition coefficient (Wildman–Crippen LogP) is 4.79. The summed E-state index contributed by atoms with van der Waals surface area (Å²) < 4.78 is 5.94. The highest BCUT2D eigenvalue weighted by molar-refractivity contribution is 5.17. The number of ether oxygens (including phenoxy) is 1. The van der Waals surface area contributed by atoms with Crippen LogP contribution in [0.5, 0.6) is 0 Å². The zero-order valence-electron chi connectivity index (χ0n) is 16.7. The number of hydrogen-bond acceptors (Lipinski definition) is 3. The lowest BCUT2D eigenvalue weighted by Crippen LogP contribution is -2.39. The van der Waals surface area contributed by atoms with Crippen LogP contribution in [0.15, 0.2) is 60.7 Å². The molecule has 2 aromatic carbocycles. The molecule has 3 rings (SSSR count). The molecule has 1 fully saturated rings. The highest BCUT2D eigenvalue weighted by Crippen LogP contribution is 2.28. The molecule has 1 aliphatic rings. The Labute approximate surface area is 164 Å². The third-order valence-electron chi connectivity index (χ3n) is 5.29. The molecule has 0 atom stereocenters. The number of rotatable bonds is 8. The van der Waals surface area contributed by atoms with Gasteiger partial charge in [-0.15, -0.1) is 0 Å². The Hall–Kier alpha value is -1.68. The van der Waals surface area contributed by atoms with Gasteiger partial charge in [0.25, 0.3) is 0 Å². The molecule has 0 radical (unpaired) electrons. The Balaban J connectivity index is 1.61. The van der Waals surface area contributed by atoms with Gasteiger partial charge in [-0.05, 0) is 50.7 Å². The van der Waals surface area contributed by atoms with E-state index in [2.05, 4.69) is 65.6 Å². The lowest BCUT2D eigenvalue weighted by molar-refractivity contribution is -0.0691. The topological polar surface area (TPSA) is 32.7 Å². The minimum atomic E-state index is -0.747. The summed E-state index contributed by atoms with van der Waals surface area (Å²) in [7, 11) is 0. The highest BCUT2D eigenvalue weighted by atomic mass is 16.5. The van der Waals surface area contributed by atoms with Crippen LogP contribution in [0.3, 0.4) is 0 Å². The van der Waals surface area contributed by atoms with Crippen LogP contribution in [0.1, 0.15) is 50.7 Å². The second kappa shape index (κ2) is 9.50. The van der Waals surface area contributed by atoms with E-state index in [4.69, 9.17) is 4.74 Å². The fourth-order valence-electron chi connectivity index (χ4n) is 3.85. The standard InChI is InChI=1S/C24H33NO2/c1-24(2,26)19-27-23-15-13-22(14-16-23)25(17-20-9-5-3-6-10-20)18-21-11-7-4-8-12-21/h3-12,22-23,26H,13-19H2,1-2H3. The van der Waals surface area contributed by atoms with E-state index in [-0.39, 0.29) is 6.10 Å². The molecule has 0 aliphatic heterocycles. The van der Waals surface area contributed by atoms with Gasteiger partial charge in [-0.1, -0.05) is 60.7 Å². The van der Waals surface area contributed by atoms with Gasteiger partial charge in [0.05, 0.1) is 18.3 Å². The Bertz CT molecular complexity index is 616. The Morgan fingerprint density at radius 1 is 0.852 bits per heavy atom. The first-order chi connectivity index (χ1) is 13.0. The summed E-state index contributed by atoms with van der Waals surface area (Å²) in [5, 5.41) is 9.88. The minimum absolute atomic E-state index is 0.281. The van der Waals surface area contributed by atoms with E-state index < -0.39 is 5.60 Å². The van der Waals surface area contributed by atoms with Gasteiger partial charge in [0.1, 0.15) is 0 Å². The van der Waals surface area contributed by atoms with Crippen molar-refractivity contribution in [1.82, 2.24) is 4.90 Å². The van der Waals surface area contributed by atoms with E-state index in [1.54, 1.807) is 13.8 Å². The molecule has 0 bridgehead atoms. The van der Waals surface area contributed by atoms with E-state index in [0.29, 0.717) is 12.6 Å². The molecule has 0 spiro atoms. The van der Waals surface area contributed by atoms with Gasteiger partial charge in [-0.3, -0.25) is 4.90 Å². The summed E-state index contributed by atoms with van der Waals surface area (Å²) >= 11 is 0. The fraction of sp³-hybridized carbons (Fsp3) is 0.500. The van der Waals surface area contributed by atoms with E-state index in [0.717, 1.165) is 38.8 Å². The largest absolute Gasteiger partial charge is 0.388 e. The van der Waals surface area contributed by atoms with Gasteiger partial charge in [0.15, 0.2) is 0 Å². The lowest BCUT2D eigenvalue weighted by atomic mass is 9.91. The summed E-state index contributed by atoms with van der Waals surface area (Å²) in [5.74, 6) is 0. The quantitative estimate of drug-likeness (QED) is 0.728. The fourth-order valence-corrected chi connectivity index (χ4v) is 3.85. The van der Waals surface area contributed by atoms with Crippen LogP contribution in [0.4, 0.5) is 0 Å². The van der Waals surface area contributed by atoms with Crippen molar-refractivity contribution in [2.24, 2.45) is 0 Å². The molecule has 0 unspecified atom stereocenters. The van der Waals surface area contributed by atoms with Crippen LogP contribution >= 0.6 is 0 Å². The van der Waals surface area contributed by atoms with E-state index >= 15 is 0 Å². The molecular weight excluding hydrogens is 334 g/mol. The molecule has 0 heterocycles. The summed E-state index contributed by atoms with van der Waals surface area (Å²) in [6.45, 7) is 5.99. The van der Waals surface area contributed by atoms with Crippen molar-refractivity contribution in [3.63, 3.8) is 0 Å². The predicted molar refractivity (Wildman–Crippen MR) is 110 cm³/mol. The van der Waals surface area contributed by atoms with Crippen LogP contribution in [-0.4, -0.2) is 34.4 Å². The van der Waals surface area contributed by atoms with Gasteiger partial charge < -0.3 is 9.84 Å². The number of benzene rings is 2. The van der Waals surface area contributed by atoms with Crippen molar-refractivity contribution in [2.75, 3.05) is 6.61 Å². The van der Waals surface area contributed by atoms with E-state index in [1.807, 2.05) is 0 Å². The number of hydrogen-bond donors (Lipinski definition) is 1.